The molecule has 0 saturated carbocycles. The fourth-order valence-corrected chi connectivity index (χ4v) is 9.87. The molecule has 308 valence electrons. The molecule has 0 aromatic heterocycles. The number of esters is 2. The van der Waals surface area contributed by atoms with Crippen LogP contribution < -0.4 is 10.6 Å². The van der Waals surface area contributed by atoms with Crippen LogP contribution >= 0.6 is 0 Å². The third kappa shape index (κ3) is 8.84. The van der Waals surface area contributed by atoms with Gasteiger partial charge >= 0.3 is 11.9 Å². The van der Waals surface area contributed by atoms with E-state index in [-0.39, 0.29) is 74.0 Å². The first-order valence-corrected chi connectivity index (χ1v) is 19.5. The molecule has 2 aromatic carbocycles. The summed E-state index contributed by atoms with van der Waals surface area (Å²) < 4.78 is 10.8. The van der Waals surface area contributed by atoms with Gasteiger partial charge in [0.2, 0.25) is 0 Å². The molecular weight excluding hydrogens is 732 g/mol. The molecule has 0 aliphatic carbocycles. The Morgan fingerprint density at radius 2 is 0.895 bits per heavy atom. The number of rotatable bonds is 10. The first-order valence-electron chi connectivity index (χ1n) is 19.5. The number of aliphatic hydroxyl groups is 2. The van der Waals surface area contributed by atoms with Gasteiger partial charge in [-0.05, 0) is 131 Å². The summed E-state index contributed by atoms with van der Waals surface area (Å²) >= 11 is 0. The Balaban J connectivity index is 1.04. The molecule has 4 aliphatic heterocycles. The summed E-state index contributed by atoms with van der Waals surface area (Å²) in [7, 11) is 0. The second kappa shape index (κ2) is 14.1. The van der Waals surface area contributed by atoms with Gasteiger partial charge in [-0.1, -0.05) is 0 Å². The van der Waals surface area contributed by atoms with Crippen LogP contribution in [0.5, 0.6) is 0 Å². The highest BCUT2D eigenvalue weighted by Gasteiger charge is 2.49. The number of imide groups is 2. The molecule has 2 fully saturated rings. The van der Waals surface area contributed by atoms with Crippen LogP contribution in [-0.4, -0.2) is 114 Å². The number of benzene rings is 2. The number of nitrogens with one attached hydrogen (secondary N) is 2. The van der Waals surface area contributed by atoms with Crippen LogP contribution in [0.4, 0.5) is 0 Å². The van der Waals surface area contributed by atoms with Gasteiger partial charge in [0.25, 0.3) is 23.6 Å². The van der Waals surface area contributed by atoms with Gasteiger partial charge in [-0.15, -0.1) is 0 Å². The maximum absolute atomic E-state index is 13.6. The number of amides is 4. The third-order valence-electron chi connectivity index (χ3n) is 11.2. The minimum absolute atomic E-state index is 0.0142. The molecule has 2 saturated heterocycles. The summed E-state index contributed by atoms with van der Waals surface area (Å²) in [6.07, 6.45) is 1.91. The largest absolute Gasteiger partial charge is 0.459 e. The SMILES string of the molecule is CC(O)(COC(=O)c1ccc2c(c1)C(=O)N(C1CC(C)(C)NC(C)(C)C1)C2=O)CC(C)(O)COC(=O)c1ccc2c(c1)C(=O)N(C1CC(C)(C)NC(C)(C)C1)C2=O. The zero-order chi connectivity index (χ0) is 42.3. The fraction of sp³-hybridized carbons (Fsp3) is 0.581. The first kappa shape index (κ1) is 42.1. The number of hydrogen-bond donors (Lipinski definition) is 4. The van der Waals surface area contributed by atoms with Crippen LogP contribution in [0.25, 0.3) is 0 Å². The molecule has 0 spiro atoms. The number of nitrogens with zero attached hydrogens (tertiary/aromatic N) is 2. The Labute approximate surface area is 333 Å². The Kier molecular flexibility index (Phi) is 10.4. The summed E-state index contributed by atoms with van der Waals surface area (Å²) in [5, 5.41) is 29.3. The number of fused-ring (bicyclic) bond motifs is 2. The Bertz CT molecular complexity index is 1870. The molecule has 6 rings (SSSR count). The maximum atomic E-state index is 13.6. The predicted molar refractivity (Wildman–Crippen MR) is 209 cm³/mol. The van der Waals surface area contributed by atoms with Crippen molar-refractivity contribution in [2.75, 3.05) is 13.2 Å². The minimum atomic E-state index is -1.78. The summed E-state index contributed by atoms with van der Waals surface area (Å²) in [4.78, 5) is 82.8. The number of hydrogen-bond acceptors (Lipinski definition) is 12. The van der Waals surface area contributed by atoms with Crippen molar-refractivity contribution in [1.82, 2.24) is 20.4 Å². The second-order valence-electron chi connectivity index (χ2n) is 19.7. The van der Waals surface area contributed by atoms with Crippen molar-refractivity contribution in [3.8, 4) is 0 Å². The zero-order valence-electron chi connectivity index (χ0n) is 34.6. The quantitative estimate of drug-likeness (QED) is 0.196. The molecule has 2 atom stereocenters. The summed E-state index contributed by atoms with van der Waals surface area (Å²) in [5.41, 5.74) is -4.14. The van der Waals surface area contributed by atoms with Crippen LogP contribution in [0.15, 0.2) is 36.4 Å². The monoisotopic (exact) mass is 788 g/mol. The molecule has 2 aromatic rings. The van der Waals surface area contributed by atoms with Crippen molar-refractivity contribution < 1.29 is 48.5 Å². The van der Waals surface area contributed by atoms with Crippen molar-refractivity contribution in [3.63, 3.8) is 0 Å². The van der Waals surface area contributed by atoms with Gasteiger partial charge in [-0.3, -0.25) is 29.0 Å². The lowest BCUT2D eigenvalue weighted by molar-refractivity contribution is -0.0958. The van der Waals surface area contributed by atoms with Gasteiger partial charge in [0.1, 0.15) is 13.2 Å². The maximum Gasteiger partial charge on any atom is 0.338 e. The molecule has 4 aliphatic rings. The highest BCUT2D eigenvalue weighted by atomic mass is 16.5. The lowest BCUT2D eigenvalue weighted by Crippen LogP contribution is -2.62. The van der Waals surface area contributed by atoms with E-state index in [2.05, 4.69) is 10.6 Å². The van der Waals surface area contributed by atoms with Gasteiger partial charge in [-0.25, -0.2) is 9.59 Å². The summed E-state index contributed by atoms with van der Waals surface area (Å²) in [6.45, 7) is 17.8. The smallest absolute Gasteiger partial charge is 0.338 e. The molecule has 4 amide bonds. The Hall–Kier alpha value is -4.50. The molecule has 14 heteroatoms. The van der Waals surface area contributed by atoms with Crippen LogP contribution in [0.1, 0.15) is 163 Å². The van der Waals surface area contributed by atoms with Crippen molar-refractivity contribution in [1.29, 1.82) is 0 Å². The minimum Gasteiger partial charge on any atom is -0.459 e. The van der Waals surface area contributed by atoms with Crippen molar-refractivity contribution in [2.24, 2.45) is 0 Å². The van der Waals surface area contributed by atoms with E-state index in [4.69, 9.17) is 9.47 Å². The molecule has 0 radical (unpaired) electrons. The number of ether oxygens (including phenoxy) is 2. The van der Waals surface area contributed by atoms with E-state index in [9.17, 15) is 39.0 Å². The molecule has 4 N–H and O–H groups in total. The van der Waals surface area contributed by atoms with Gasteiger partial charge < -0.3 is 30.3 Å². The average molecular weight is 789 g/mol. The van der Waals surface area contributed by atoms with Gasteiger partial charge in [0.15, 0.2) is 0 Å². The average Bonchev–Trinajstić information content (AvgIpc) is 3.45. The van der Waals surface area contributed by atoms with Crippen LogP contribution in [0, 0.1) is 0 Å². The molecule has 0 bridgehead atoms. The molecule has 14 nitrogen and oxygen atoms in total. The van der Waals surface area contributed by atoms with E-state index in [1.807, 2.05) is 55.4 Å². The van der Waals surface area contributed by atoms with Gasteiger partial charge in [-0.2, -0.15) is 0 Å². The van der Waals surface area contributed by atoms with E-state index < -0.39 is 60.0 Å². The predicted octanol–water partition coefficient (Wildman–Crippen LogP) is 4.40. The van der Waals surface area contributed by atoms with Gasteiger partial charge in [0.05, 0.1) is 44.6 Å². The lowest BCUT2D eigenvalue weighted by atomic mass is 9.79. The standard InChI is InChI=1S/C43H56N4O10/c1-38(2)17-26(18-39(3,4)44-38)46-32(48)28-13-11-24(15-30(28)34(46)50)36(52)56-22-42(9,54)21-43(10,55)23-57-37(53)25-12-14-29-31(16-25)35(51)47(33(29)49)27-19-40(5,6)45-41(7,8)20-27/h11-16,26-27,44-45,54-55H,17-23H2,1-10H3. The fourth-order valence-electron chi connectivity index (χ4n) is 9.87. The molecule has 4 heterocycles. The van der Waals surface area contributed by atoms with Crippen LogP contribution in [0.2, 0.25) is 0 Å². The molecule has 2 unspecified atom stereocenters. The first-order chi connectivity index (χ1) is 26.1. The second-order valence-corrected chi connectivity index (χ2v) is 19.7. The highest BCUT2D eigenvalue weighted by molar-refractivity contribution is 6.23. The zero-order valence-corrected chi connectivity index (χ0v) is 34.6. The molecule has 57 heavy (non-hydrogen) atoms. The molecular formula is C43H56N4O10. The number of carbonyl (C=O) groups is 6. The van der Waals surface area contributed by atoms with Crippen molar-refractivity contribution in [2.45, 2.75) is 147 Å². The van der Waals surface area contributed by atoms with Crippen LogP contribution in [0.3, 0.4) is 0 Å². The Morgan fingerprint density at radius 1 is 0.596 bits per heavy atom. The van der Waals surface area contributed by atoms with Gasteiger partial charge in [0, 0.05) is 40.7 Å². The van der Waals surface area contributed by atoms with Crippen molar-refractivity contribution >= 4 is 35.6 Å². The lowest BCUT2D eigenvalue weighted by Gasteiger charge is -2.48. The summed E-state index contributed by atoms with van der Waals surface area (Å²) in [6, 6.07) is 7.64. The van der Waals surface area contributed by atoms with E-state index >= 15 is 0 Å². The van der Waals surface area contributed by atoms with Crippen LogP contribution in [-0.2, 0) is 9.47 Å². The number of carbonyl (C=O) groups excluding carboxylic acids is 6. The third-order valence-corrected chi connectivity index (χ3v) is 11.2. The van der Waals surface area contributed by atoms with E-state index in [0.717, 1.165) is 0 Å². The normalized spacial score (nSPS) is 23.4. The van der Waals surface area contributed by atoms with E-state index in [1.165, 1.54) is 60.0 Å². The van der Waals surface area contributed by atoms with Crippen molar-refractivity contribution in [3.05, 3.63) is 69.8 Å². The summed E-state index contributed by atoms with van der Waals surface area (Å²) in [5.74, 6) is -3.47. The highest BCUT2D eigenvalue weighted by Crippen LogP contribution is 2.38. The van der Waals surface area contributed by atoms with E-state index in [0.29, 0.717) is 25.7 Å². The topological polar surface area (TPSA) is 192 Å². The Morgan fingerprint density at radius 3 is 1.21 bits per heavy atom. The number of piperidine rings is 2. The van der Waals surface area contributed by atoms with E-state index in [1.54, 1.807) is 0 Å².